The van der Waals surface area contributed by atoms with Crippen LogP contribution in [0.1, 0.15) is 15.9 Å². The van der Waals surface area contributed by atoms with Gasteiger partial charge < -0.3 is 19.5 Å². The number of carbonyl (C=O) groups is 2. The molecule has 2 aliphatic rings. The van der Waals surface area contributed by atoms with Crippen LogP contribution >= 0.6 is 0 Å². The molecule has 1 saturated heterocycles. The van der Waals surface area contributed by atoms with Gasteiger partial charge in [0.1, 0.15) is 0 Å². The van der Waals surface area contributed by atoms with E-state index in [1.807, 2.05) is 53.6 Å². The third-order valence-electron chi connectivity index (χ3n) is 5.63. The average Bonchev–Trinajstić information content (AvgIpc) is 3.56. The van der Waals surface area contributed by atoms with E-state index >= 15 is 0 Å². The van der Waals surface area contributed by atoms with Crippen molar-refractivity contribution < 1.29 is 37.3 Å². The predicted molar refractivity (Wildman–Crippen MR) is 121 cm³/mol. The number of aromatic nitrogens is 2. The SMILES string of the molecule is O=C(O)C(F)(F)F.O=C(c1ccccc1-n1cccn1)N1CCN(Cc2ccc3c(c2)OCO3)CC1. The predicted octanol–water partition coefficient (Wildman–Crippen LogP) is 3.19. The molecular weight excluding hydrogens is 481 g/mol. The second-order valence-electron chi connectivity index (χ2n) is 8.03. The summed E-state index contributed by atoms with van der Waals surface area (Å²) in [7, 11) is 0. The molecule has 0 bridgehead atoms. The molecule has 0 saturated carbocycles. The van der Waals surface area contributed by atoms with Gasteiger partial charge in [0.2, 0.25) is 6.79 Å². The van der Waals surface area contributed by atoms with E-state index in [1.165, 1.54) is 5.56 Å². The number of nitrogens with zero attached hydrogens (tertiary/aromatic N) is 4. The molecule has 5 rings (SSSR count). The molecule has 0 radical (unpaired) electrons. The first kappa shape index (κ1) is 25.0. The monoisotopic (exact) mass is 504 g/mol. The van der Waals surface area contributed by atoms with E-state index in [4.69, 9.17) is 19.4 Å². The minimum Gasteiger partial charge on any atom is -0.475 e. The van der Waals surface area contributed by atoms with E-state index in [1.54, 1.807) is 10.9 Å². The summed E-state index contributed by atoms with van der Waals surface area (Å²) in [5.74, 6) is -1.09. The van der Waals surface area contributed by atoms with Crippen LogP contribution in [-0.4, -0.2) is 75.7 Å². The van der Waals surface area contributed by atoms with Gasteiger partial charge >= 0.3 is 12.1 Å². The first-order chi connectivity index (χ1) is 17.2. The van der Waals surface area contributed by atoms with Gasteiger partial charge in [-0.2, -0.15) is 18.3 Å². The Kier molecular flexibility index (Phi) is 7.44. The van der Waals surface area contributed by atoms with Crippen molar-refractivity contribution in [2.45, 2.75) is 12.7 Å². The van der Waals surface area contributed by atoms with E-state index in [0.29, 0.717) is 25.4 Å². The number of amides is 1. The number of carboxylic acids is 1. The number of hydrogen-bond donors (Lipinski definition) is 1. The van der Waals surface area contributed by atoms with Gasteiger partial charge in [-0.3, -0.25) is 9.69 Å². The van der Waals surface area contributed by atoms with E-state index < -0.39 is 12.1 Å². The van der Waals surface area contributed by atoms with Crippen molar-refractivity contribution in [1.29, 1.82) is 0 Å². The first-order valence-electron chi connectivity index (χ1n) is 11.0. The number of aliphatic carboxylic acids is 1. The van der Waals surface area contributed by atoms with Crippen molar-refractivity contribution in [3.05, 3.63) is 72.1 Å². The summed E-state index contributed by atoms with van der Waals surface area (Å²) in [4.78, 5) is 26.3. The van der Waals surface area contributed by atoms with Gasteiger partial charge in [-0.05, 0) is 35.9 Å². The fourth-order valence-electron chi connectivity index (χ4n) is 3.84. The van der Waals surface area contributed by atoms with Crippen LogP contribution in [0, 0.1) is 0 Å². The quantitative estimate of drug-likeness (QED) is 0.583. The summed E-state index contributed by atoms with van der Waals surface area (Å²) in [6, 6.07) is 15.6. The molecule has 0 aliphatic carbocycles. The minimum atomic E-state index is -5.08. The fraction of sp³-hybridized carbons (Fsp3) is 0.292. The van der Waals surface area contributed by atoms with Crippen LogP contribution in [0.4, 0.5) is 13.2 Å². The fourth-order valence-corrected chi connectivity index (χ4v) is 3.84. The van der Waals surface area contributed by atoms with Crippen molar-refractivity contribution in [2.75, 3.05) is 33.0 Å². The summed E-state index contributed by atoms with van der Waals surface area (Å²) in [6.45, 7) is 4.21. The third-order valence-corrected chi connectivity index (χ3v) is 5.63. The van der Waals surface area contributed by atoms with E-state index in [-0.39, 0.29) is 5.91 Å². The Balaban J connectivity index is 0.000000384. The Hall–Kier alpha value is -4.06. The molecule has 190 valence electrons. The Morgan fingerprint density at radius 1 is 0.972 bits per heavy atom. The summed E-state index contributed by atoms with van der Waals surface area (Å²) < 4.78 is 44.3. The number of piperazine rings is 1. The van der Waals surface area contributed by atoms with Crippen LogP contribution in [0.15, 0.2) is 60.9 Å². The summed E-state index contributed by atoms with van der Waals surface area (Å²) in [5, 5.41) is 11.4. The molecule has 12 heteroatoms. The number of halogens is 3. The largest absolute Gasteiger partial charge is 0.490 e. The van der Waals surface area contributed by atoms with Gasteiger partial charge in [0, 0.05) is 45.1 Å². The van der Waals surface area contributed by atoms with Crippen LogP contribution in [0.5, 0.6) is 11.5 Å². The van der Waals surface area contributed by atoms with Crippen molar-refractivity contribution in [3.8, 4) is 17.2 Å². The molecule has 1 fully saturated rings. The lowest BCUT2D eigenvalue weighted by atomic mass is 10.1. The van der Waals surface area contributed by atoms with Crippen LogP contribution in [0.3, 0.4) is 0 Å². The van der Waals surface area contributed by atoms with Crippen molar-refractivity contribution in [1.82, 2.24) is 19.6 Å². The normalized spacial score (nSPS) is 15.2. The highest BCUT2D eigenvalue weighted by molar-refractivity contribution is 5.97. The number of para-hydroxylation sites is 1. The molecule has 9 nitrogen and oxygen atoms in total. The number of fused-ring (bicyclic) bond motifs is 1. The number of carboxylic acid groups (broad SMARTS) is 1. The summed E-state index contributed by atoms with van der Waals surface area (Å²) in [5.41, 5.74) is 2.68. The molecule has 2 aliphatic heterocycles. The van der Waals surface area contributed by atoms with Gasteiger partial charge in [-0.1, -0.05) is 18.2 Å². The number of benzene rings is 2. The first-order valence-corrected chi connectivity index (χ1v) is 11.0. The van der Waals surface area contributed by atoms with Crippen LogP contribution in [0.2, 0.25) is 0 Å². The maximum Gasteiger partial charge on any atom is 0.490 e. The zero-order chi connectivity index (χ0) is 25.7. The molecular formula is C24H23F3N4O5. The van der Waals surface area contributed by atoms with Crippen molar-refractivity contribution >= 4 is 11.9 Å². The van der Waals surface area contributed by atoms with Gasteiger partial charge in [-0.25, -0.2) is 9.48 Å². The van der Waals surface area contributed by atoms with Gasteiger partial charge in [0.25, 0.3) is 5.91 Å². The van der Waals surface area contributed by atoms with Gasteiger partial charge in [-0.15, -0.1) is 0 Å². The summed E-state index contributed by atoms with van der Waals surface area (Å²) >= 11 is 0. The third kappa shape index (κ3) is 5.95. The molecule has 1 aromatic heterocycles. The summed E-state index contributed by atoms with van der Waals surface area (Å²) in [6.07, 6.45) is -1.51. The van der Waals surface area contributed by atoms with E-state index in [9.17, 15) is 18.0 Å². The maximum atomic E-state index is 13.1. The number of carbonyl (C=O) groups excluding carboxylic acids is 1. The Bertz CT molecular complexity index is 1210. The van der Waals surface area contributed by atoms with E-state index in [2.05, 4.69) is 16.1 Å². The van der Waals surface area contributed by atoms with Gasteiger partial charge in [0.05, 0.1) is 11.3 Å². The van der Waals surface area contributed by atoms with Crippen LogP contribution in [-0.2, 0) is 11.3 Å². The van der Waals surface area contributed by atoms with Crippen molar-refractivity contribution in [3.63, 3.8) is 0 Å². The number of hydrogen-bond acceptors (Lipinski definition) is 6. The maximum absolute atomic E-state index is 13.1. The minimum absolute atomic E-state index is 0.0545. The molecule has 1 N–H and O–H groups in total. The van der Waals surface area contributed by atoms with E-state index in [0.717, 1.165) is 36.8 Å². The second-order valence-corrected chi connectivity index (χ2v) is 8.03. The number of rotatable bonds is 4. The molecule has 36 heavy (non-hydrogen) atoms. The molecule has 0 atom stereocenters. The smallest absolute Gasteiger partial charge is 0.475 e. The van der Waals surface area contributed by atoms with Gasteiger partial charge in [0.15, 0.2) is 11.5 Å². The molecule has 0 unspecified atom stereocenters. The lowest BCUT2D eigenvalue weighted by Crippen LogP contribution is -2.48. The number of alkyl halides is 3. The molecule has 0 spiro atoms. The Morgan fingerprint density at radius 2 is 1.67 bits per heavy atom. The molecule has 1 amide bonds. The molecule has 2 aromatic carbocycles. The zero-order valence-corrected chi connectivity index (χ0v) is 19.0. The Labute approximate surface area is 204 Å². The standard InChI is InChI=1S/C22H22N4O3.C2HF3O2/c27-22(18-4-1-2-5-19(18)26-9-3-8-23-26)25-12-10-24(11-13-25)15-17-6-7-20-21(14-17)29-16-28-20;3-2(4,5)1(6)7/h1-9,14H,10-13,15-16H2;(H,6,7). The topological polar surface area (TPSA) is 97.1 Å². The molecule has 3 aromatic rings. The highest BCUT2D eigenvalue weighted by atomic mass is 19.4. The zero-order valence-electron chi connectivity index (χ0n) is 19.0. The lowest BCUT2D eigenvalue weighted by Gasteiger charge is -2.35. The number of ether oxygens (including phenoxy) is 2. The average molecular weight is 504 g/mol. The van der Waals surface area contributed by atoms with Crippen molar-refractivity contribution in [2.24, 2.45) is 0 Å². The molecule has 3 heterocycles. The second kappa shape index (κ2) is 10.7. The highest BCUT2D eigenvalue weighted by Gasteiger charge is 2.38. The Morgan fingerprint density at radius 3 is 2.33 bits per heavy atom. The van der Waals surface area contributed by atoms with Crippen LogP contribution in [0.25, 0.3) is 5.69 Å². The van der Waals surface area contributed by atoms with Crippen LogP contribution < -0.4 is 9.47 Å². The lowest BCUT2D eigenvalue weighted by molar-refractivity contribution is -0.192. The highest BCUT2D eigenvalue weighted by Crippen LogP contribution is 2.33.